The van der Waals surface area contributed by atoms with Gasteiger partial charge in [0.05, 0.1) is 0 Å². The van der Waals surface area contributed by atoms with Crippen LogP contribution >= 0.6 is 23.7 Å². The van der Waals surface area contributed by atoms with Crippen molar-refractivity contribution in [2.24, 2.45) is 5.73 Å². The molecule has 1 heterocycles. The van der Waals surface area contributed by atoms with Crippen LogP contribution in [-0.4, -0.2) is 0 Å². The molecule has 1 rings (SSSR count). The lowest BCUT2D eigenvalue weighted by Crippen LogP contribution is -2.07. The van der Waals surface area contributed by atoms with Crippen molar-refractivity contribution >= 4 is 23.7 Å². The predicted molar refractivity (Wildman–Crippen MR) is 72.0 cm³/mol. The molecule has 0 aliphatic rings. The lowest BCUT2D eigenvalue weighted by Gasteiger charge is -2.08. The second kappa shape index (κ2) is 8.14. The minimum absolute atomic E-state index is 0. The van der Waals surface area contributed by atoms with E-state index in [1.807, 2.05) is 11.3 Å². The van der Waals surface area contributed by atoms with Gasteiger partial charge in [-0.1, -0.05) is 33.1 Å². The predicted octanol–water partition coefficient (Wildman–Crippen LogP) is 4.31. The van der Waals surface area contributed by atoms with Crippen molar-refractivity contribution in [3.05, 3.63) is 21.9 Å². The summed E-state index contributed by atoms with van der Waals surface area (Å²) in [5, 5.41) is 0. The molecule has 0 aliphatic heterocycles. The minimum atomic E-state index is 0. The summed E-state index contributed by atoms with van der Waals surface area (Å²) >= 11 is 1.87. The molecule has 0 aliphatic carbocycles. The van der Waals surface area contributed by atoms with E-state index in [1.165, 1.54) is 29.0 Å². The lowest BCUT2D eigenvalue weighted by atomic mass is 10.1. The first kappa shape index (κ1) is 14.9. The maximum absolute atomic E-state index is 6.11. The van der Waals surface area contributed by atoms with E-state index in [-0.39, 0.29) is 18.4 Å². The van der Waals surface area contributed by atoms with E-state index in [0.29, 0.717) is 0 Å². The molecule has 1 aromatic heterocycles. The summed E-state index contributed by atoms with van der Waals surface area (Å²) in [6.07, 6.45) is 6.11. The highest BCUT2D eigenvalue weighted by atomic mass is 35.5. The molecule has 0 saturated carbocycles. The second-order valence-electron chi connectivity index (χ2n) is 3.76. The van der Waals surface area contributed by atoms with Crippen molar-refractivity contribution in [2.45, 2.75) is 52.0 Å². The normalized spacial score (nSPS) is 12.2. The van der Waals surface area contributed by atoms with Crippen molar-refractivity contribution in [1.29, 1.82) is 0 Å². The van der Waals surface area contributed by atoms with Crippen LogP contribution in [0.3, 0.4) is 0 Å². The average molecular weight is 248 g/mol. The molecular formula is C12H22ClNS. The molecule has 1 nitrogen and oxygen atoms in total. The third-order valence-electron chi connectivity index (χ3n) is 2.52. The largest absolute Gasteiger partial charge is 0.323 e. The van der Waals surface area contributed by atoms with Crippen LogP contribution in [0.4, 0.5) is 0 Å². The number of hydrogen-bond acceptors (Lipinski definition) is 2. The first-order valence-electron chi connectivity index (χ1n) is 5.62. The minimum Gasteiger partial charge on any atom is -0.323 e. The van der Waals surface area contributed by atoms with Crippen molar-refractivity contribution in [3.63, 3.8) is 0 Å². The molecule has 15 heavy (non-hydrogen) atoms. The summed E-state index contributed by atoms with van der Waals surface area (Å²) in [7, 11) is 0. The van der Waals surface area contributed by atoms with E-state index >= 15 is 0 Å². The molecule has 0 fully saturated rings. The van der Waals surface area contributed by atoms with Gasteiger partial charge in [0.1, 0.15) is 0 Å². The summed E-state index contributed by atoms with van der Waals surface area (Å²) in [5.41, 5.74) is 6.11. The number of aryl methyl sites for hydroxylation is 1. The quantitative estimate of drug-likeness (QED) is 0.745. The van der Waals surface area contributed by atoms with E-state index in [9.17, 15) is 0 Å². The Bertz CT molecular complexity index is 260. The van der Waals surface area contributed by atoms with Crippen LogP contribution in [-0.2, 0) is 6.42 Å². The Kier molecular flexibility index (Phi) is 8.12. The lowest BCUT2D eigenvalue weighted by molar-refractivity contribution is 0.587. The van der Waals surface area contributed by atoms with Gasteiger partial charge in [-0.15, -0.1) is 23.7 Å². The molecule has 88 valence electrons. The maximum atomic E-state index is 6.11. The molecule has 0 amide bonds. The van der Waals surface area contributed by atoms with Crippen molar-refractivity contribution < 1.29 is 0 Å². The Hall–Kier alpha value is -0.0500. The molecule has 3 heteroatoms. The van der Waals surface area contributed by atoms with Crippen LogP contribution in [0.2, 0.25) is 0 Å². The highest BCUT2D eigenvalue weighted by Gasteiger charge is 2.07. The molecule has 0 unspecified atom stereocenters. The van der Waals surface area contributed by atoms with Crippen LogP contribution in [0, 0.1) is 0 Å². The summed E-state index contributed by atoms with van der Waals surface area (Å²) in [6, 6.07) is 4.67. The molecule has 0 spiro atoms. The van der Waals surface area contributed by atoms with E-state index < -0.39 is 0 Å². The molecule has 0 bridgehead atoms. The van der Waals surface area contributed by atoms with Gasteiger partial charge in [0, 0.05) is 15.8 Å². The molecule has 0 radical (unpaired) electrons. The van der Waals surface area contributed by atoms with Crippen LogP contribution in [0.15, 0.2) is 12.1 Å². The molecular weight excluding hydrogens is 226 g/mol. The number of nitrogens with two attached hydrogens (primary N) is 1. The van der Waals surface area contributed by atoms with Gasteiger partial charge in [-0.05, 0) is 25.0 Å². The third-order valence-corrected chi connectivity index (χ3v) is 3.88. The number of thiophene rings is 1. The zero-order valence-electron chi connectivity index (χ0n) is 9.66. The van der Waals surface area contributed by atoms with Crippen molar-refractivity contribution in [3.8, 4) is 0 Å². The Morgan fingerprint density at radius 2 is 2.00 bits per heavy atom. The van der Waals surface area contributed by atoms with Gasteiger partial charge in [0.2, 0.25) is 0 Å². The molecule has 1 aromatic rings. The van der Waals surface area contributed by atoms with Gasteiger partial charge in [0.25, 0.3) is 0 Å². The fraction of sp³-hybridized carbons (Fsp3) is 0.667. The van der Waals surface area contributed by atoms with E-state index in [1.54, 1.807) is 0 Å². The highest BCUT2D eigenvalue weighted by molar-refractivity contribution is 7.12. The Balaban J connectivity index is 0.00000196. The van der Waals surface area contributed by atoms with Crippen LogP contribution in [0.1, 0.15) is 55.3 Å². The zero-order chi connectivity index (χ0) is 10.4. The van der Waals surface area contributed by atoms with Gasteiger partial charge < -0.3 is 5.73 Å². The van der Waals surface area contributed by atoms with Crippen LogP contribution in [0.5, 0.6) is 0 Å². The third kappa shape index (κ3) is 5.01. The van der Waals surface area contributed by atoms with Crippen LogP contribution in [0.25, 0.3) is 0 Å². The van der Waals surface area contributed by atoms with Gasteiger partial charge in [-0.3, -0.25) is 0 Å². The Morgan fingerprint density at radius 3 is 2.53 bits per heavy atom. The Labute approximate surface area is 103 Å². The SMILES string of the molecule is CCCCC[C@@H](N)c1ccc(CC)s1.Cl. The fourth-order valence-electron chi connectivity index (χ4n) is 1.54. The molecule has 0 saturated heterocycles. The smallest absolute Gasteiger partial charge is 0.0389 e. The summed E-state index contributed by atoms with van der Waals surface area (Å²) in [5.74, 6) is 0. The van der Waals surface area contributed by atoms with Crippen molar-refractivity contribution in [2.75, 3.05) is 0 Å². The second-order valence-corrected chi connectivity index (χ2v) is 4.96. The number of rotatable bonds is 6. The highest BCUT2D eigenvalue weighted by Crippen LogP contribution is 2.25. The first-order valence-corrected chi connectivity index (χ1v) is 6.43. The van der Waals surface area contributed by atoms with Gasteiger partial charge in [0.15, 0.2) is 0 Å². The van der Waals surface area contributed by atoms with E-state index in [4.69, 9.17) is 5.73 Å². The number of hydrogen-bond donors (Lipinski definition) is 1. The van der Waals surface area contributed by atoms with Gasteiger partial charge in [-0.2, -0.15) is 0 Å². The maximum Gasteiger partial charge on any atom is 0.0389 e. The first-order chi connectivity index (χ1) is 6.77. The van der Waals surface area contributed by atoms with Crippen LogP contribution < -0.4 is 5.73 Å². The standard InChI is InChI=1S/C12H21NS.ClH/c1-3-5-6-7-11(13)12-9-8-10(4-2)14-12;/h8-9,11H,3-7,13H2,1-2H3;1H/t11-;/m1./s1. The fourth-order valence-corrected chi connectivity index (χ4v) is 2.53. The Morgan fingerprint density at radius 1 is 1.27 bits per heavy atom. The van der Waals surface area contributed by atoms with Gasteiger partial charge >= 0.3 is 0 Å². The zero-order valence-corrected chi connectivity index (χ0v) is 11.3. The molecule has 2 N–H and O–H groups in total. The summed E-state index contributed by atoms with van der Waals surface area (Å²) in [4.78, 5) is 2.81. The van der Waals surface area contributed by atoms with E-state index in [2.05, 4.69) is 26.0 Å². The van der Waals surface area contributed by atoms with Crippen molar-refractivity contribution in [1.82, 2.24) is 0 Å². The van der Waals surface area contributed by atoms with E-state index in [0.717, 1.165) is 12.8 Å². The average Bonchev–Trinajstić information content (AvgIpc) is 2.66. The van der Waals surface area contributed by atoms with Gasteiger partial charge in [-0.25, -0.2) is 0 Å². The number of unbranched alkanes of at least 4 members (excludes halogenated alkanes) is 2. The molecule has 0 aromatic carbocycles. The summed E-state index contributed by atoms with van der Waals surface area (Å²) < 4.78 is 0. The topological polar surface area (TPSA) is 26.0 Å². The number of halogens is 1. The summed E-state index contributed by atoms with van der Waals surface area (Å²) in [6.45, 7) is 4.42. The molecule has 1 atom stereocenters. The monoisotopic (exact) mass is 247 g/mol.